The van der Waals surface area contributed by atoms with Gasteiger partial charge in [0.2, 0.25) is 5.76 Å². The van der Waals surface area contributed by atoms with Crippen molar-refractivity contribution in [3.8, 4) is 0 Å². The predicted molar refractivity (Wildman–Crippen MR) is 86.8 cm³/mol. The molecule has 0 bridgehead atoms. The number of aromatic nitrogens is 2. The van der Waals surface area contributed by atoms with Crippen molar-refractivity contribution < 1.29 is 9.21 Å². The van der Waals surface area contributed by atoms with Crippen LogP contribution in [0.1, 0.15) is 65.4 Å². The van der Waals surface area contributed by atoms with E-state index >= 15 is 0 Å². The Morgan fingerprint density at radius 1 is 1.27 bits per heavy atom. The van der Waals surface area contributed by atoms with Gasteiger partial charge in [0.15, 0.2) is 5.89 Å². The number of carbonyl (C=O) groups is 1. The predicted octanol–water partition coefficient (Wildman–Crippen LogP) is 3.85. The number of aryl methyl sites for hydroxylation is 3. The van der Waals surface area contributed by atoms with E-state index in [0.717, 1.165) is 35.0 Å². The van der Waals surface area contributed by atoms with Crippen LogP contribution in [-0.2, 0) is 6.42 Å². The zero-order valence-corrected chi connectivity index (χ0v) is 14.3. The second-order valence-corrected chi connectivity index (χ2v) is 7.20. The van der Waals surface area contributed by atoms with Crippen molar-refractivity contribution >= 4 is 22.2 Å². The maximum atomic E-state index is 13.0. The molecule has 0 saturated carbocycles. The van der Waals surface area contributed by atoms with E-state index in [-0.39, 0.29) is 11.8 Å². The van der Waals surface area contributed by atoms with Gasteiger partial charge in [0, 0.05) is 12.5 Å². The summed E-state index contributed by atoms with van der Waals surface area (Å²) >= 11 is 1.59. The van der Waals surface area contributed by atoms with E-state index < -0.39 is 0 Å². The fourth-order valence-corrected chi connectivity index (χ4v) is 3.66. The second kappa shape index (κ2) is 5.83. The number of carbonyl (C=O) groups excluding carboxylic acids is 1. The molecule has 0 N–H and O–H groups in total. The minimum atomic E-state index is -0.0938. The van der Waals surface area contributed by atoms with Crippen molar-refractivity contribution in [3.05, 3.63) is 28.0 Å². The highest BCUT2D eigenvalue weighted by Gasteiger charge is 2.29. The van der Waals surface area contributed by atoms with E-state index in [2.05, 4.69) is 9.97 Å². The van der Waals surface area contributed by atoms with Gasteiger partial charge < -0.3 is 4.42 Å². The fourth-order valence-electron chi connectivity index (χ4n) is 2.68. The van der Waals surface area contributed by atoms with Crippen LogP contribution in [0.15, 0.2) is 4.42 Å². The zero-order chi connectivity index (χ0) is 15.9. The number of amides is 1. The Kier molecular flexibility index (Phi) is 4.04. The molecule has 1 aliphatic rings. The van der Waals surface area contributed by atoms with Crippen LogP contribution < -0.4 is 4.90 Å². The first-order chi connectivity index (χ1) is 10.5. The van der Waals surface area contributed by atoms with Gasteiger partial charge in [0.1, 0.15) is 5.00 Å². The highest BCUT2D eigenvalue weighted by atomic mass is 32.1. The largest absolute Gasteiger partial charge is 0.435 e. The number of nitrogens with zero attached hydrogens (tertiary/aromatic N) is 3. The summed E-state index contributed by atoms with van der Waals surface area (Å²) in [5, 5.41) is 1.98. The normalized spacial score (nSPS) is 15.0. The summed E-state index contributed by atoms with van der Waals surface area (Å²) in [5.41, 5.74) is 1.70. The number of hydrogen-bond donors (Lipinski definition) is 0. The average Bonchev–Trinajstić information content (AvgIpc) is 2.96. The number of anilines is 1. The molecule has 2 aromatic rings. The molecule has 0 atom stereocenters. The first-order valence-corrected chi connectivity index (χ1v) is 8.54. The van der Waals surface area contributed by atoms with Crippen molar-refractivity contribution in [2.45, 2.75) is 52.9 Å². The van der Waals surface area contributed by atoms with Crippen molar-refractivity contribution in [1.82, 2.24) is 9.97 Å². The van der Waals surface area contributed by atoms with Crippen LogP contribution in [0.3, 0.4) is 0 Å². The van der Waals surface area contributed by atoms with E-state index in [1.54, 1.807) is 11.3 Å². The molecule has 0 radical (unpaired) electrons. The Labute approximate surface area is 134 Å². The molecule has 0 saturated heterocycles. The summed E-state index contributed by atoms with van der Waals surface area (Å²) in [7, 11) is 0. The minimum Gasteiger partial charge on any atom is -0.435 e. The molecule has 0 unspecified atom stereocenters. The molecule has 3 rings (SSSR count). The lowest BCUT2D eigenvalue weighted by Gasteiger charge is -2.18. The van der Waals surface area contributed by atoms with Gasteiger partial charge in [-0.25, -0.2) is 9.97 Å². The number of hydrogen-bond acceptors (Lipinski definition) is 5. The Morgan fingerprint density at radius 3 is 2.73 bits per heavy atom. The van der Waals surface area contributed by atoms with Crippen molar-refractivity contribution in [2.75, 3.05) is 11.4 Å². The summed E-state index contributed by atoms with van der Waals surface area (Å²) in [4.78, 5) is 23.7. The third-order valence-electron chi connectivity index (χ3n) is 3.82. The van der Waals surface area contributed by atoms with Crippen LogP contribution >= 0.6 is 11.3 Å². The topological polar surface area (TPSA) is 59.2 Å². The van der Waals surface area contributed by atoms with Gasteiger partial charge in [0.25, 0.3) is 5.91 Å². The monoisotopic (exact) mass is 319 g/mol. The summed E-state index contributed by atoms with van der Waals surface area (Å²) in [6, 6.07) is 0. The van der Waals surface area contributed by atoms with Crippen LogP contribution in [-0.4, -0.2) is 22.4 Å². The molecule has 1 amide bonds. The van der Waals surface area contributed by atoms with Gasteiger partial charge >= 0.3 is 0 Å². The highest BCUT2D eigenvalue weighted by Crippen LogP contribution is 2.34. The summed E-state index contributed by atoms with van der Waals surface area (Å²) in [5.74, 6) is 1.06. The maximum Gasteiger partial charge on any atom is 0.296 e. The van der Waals surface area contributed by atoms with Crippen molar-refractivity contribution in [2.24, 2.45) is 0 Å². The molecule has 0 aromatic carbocycles. The SMILES string of the molecule is Cc1nc2c(s1)N(C(=O)c1oc(C(C)C)nc1C)CCCC2. The molecule has 118 valence electrons. The summed E-state index contributed by atoms with van der Waals surface area (Å²) in [6.45, 7) is 8.55. The third-order valence-corrected chi connectivity index (χ3v) is 4.86. The van der Waals surface area contributed by atoms with Gasteiger partial charge in [-0.15, -0.1) is 11.3 Å². The molecule has 3 heterocycles. The number of oxazole rings is 1. The van der Waals surface area contributed by atoms with Gasteiger partial charge in [-0.2, -0.15) is 0 Å². The number of fused-ring (bicyclic) bond motifs is 1. The van der Waals surface area contributed by atoms with Crippen molar-refractivity contribution in [1.29, 1.82) is 0 Å². The van der Waals surface area contributed by atoms with E-state index in [1.807, 2.05) is 32.6 Å². The van der Waals surface area contributed by atoms with Gasteiger partial charge in [0.05, 0.1) is 16.4 Å². The molecular weight excluding hydrogens is 298 g/mol. The zero-order valence-electron chi connectivity index (χ0n) is 13.5. The van der Waals surface area contributed by atoms with Gasteiger partial charge in [-0.3, -0.25) is 9.69 Å². The van der Waals surface area contributed by atoms with Crippen LogP contribution in [0, 0.1) is 13.8 Å². The number of rotatable bonds is 2. The molecule has 0 fully saturated rings. The molecular formula is C16H21N3O2S. The van der Waals surface area contributed by atoms with Crippen LogP contribution in [0.25, 0.3) is 0 Å². The van der Waals surface area contributed by atoms with Crippen molar-refractivity contribution in [3.63, 3.8) is 0 Å². The first-order valence-electron chi connectivity index (χ1n) is 7.73. The molecule has 2 aromatic heterocycles. The first kappa shape index (κ1) is 15.2. The standard InChI is InChI=1S/C16H21N3O2S/c1-9(2)14-17-10(3)13(21-14)15(20)19-8-6-5-7-12-16(19)22-11(4)18-12/h9H,5-8H2,1-4H3. The minimum absolute atomic E-state index is 0.0938. The molecule has 6 heteroatoms. The lowest BCUT2D eigenvalue weighted by molar-refractivity contribution is 0.0958. The molecule has 5 nitrogen and oxygen atoms in total. The van der Waals surface area contributed by atoms with E-state index in [9.17, 15) is 4.79 Å². The average molecular weight is 319 g/mol. The van der Waals surface area contributed by atoms with Gasteiger partial charge in [-0.05, 0) is 33.1 Å². The van der Waals surface area contributed by atoms with E-state index in [1.165, 1.54) is 0 Å². The van der Waals surface area contributed by atoms with Crippen LogP contribution in [0.4, 0.5) is 5.00 Å². The van der Waals surface area contributed by atoms with E-state index in [0.29, 0.717) is 23.9 Å². The Balaban J connectivity index is 1.98. The fraction of sp³-hybridized carbons (Fsp3) is 0.562. The van der Waals surface area contributed by atoms with Crippen LogP contribution in [0.2, 0.25) is 0 Å². The van der Waals surface area contributed by atoms with Crippen LogP contribution in [0.5, 0.6) is 0 Å². The molecule has 22 heavy (non-hydrogen) atoms. The quantitative estimate of drug-likeness (QED) is 0.843. The molecule has 0 spiro atoms. The third kappa shape index (κ3) is 2.67. The lowest BCUT2D eigenvalue weighted by atomic mass is 10.2. The molecule has 1 aliphatic heterocycles. The lowest BCUT2D eigenvalue weighted by Crippen LogP contribution is -2.31. The second-order valence-electron chi connectivity index (χ2n) is 6.02. The Bertz CT molecular complexity index is 702. The Morgan fingerprint density at radius 2 is 2.05 bits per heavy atom. The highest BCUT2D eigenvalue weighted by molar-refractivity contribution is 7.16. The number of thiazole rings is 1. The molecule has 0 aliphatic carbocycles. The summed E-state index contributed by atoms with van der Waals surface area (Å²) < 4.78 is 5.74. The Hall–Kier alpha value is -1.69. The smallest absolute Gasteiger partial charge is 0.296 e. The summed E-state index contributed by atoms with van der Waals surface area (Å²) in [6.07, 6.45) is 2.99. The maximum absolute atomic E-state index is 13.0. The van der Waals surface area contributed by atoms with Gasteiger partial charge in [-0.1, -0.05) is 13.8 Å². The van der Waals surface area contributed by atoms with E-state index in [4.69, 9.17) is 4.42 Å².